The molecular formula is C16H32N2O3. The maximum absolute atomic E-state index is 11.9. The highest BCUT2D eigenvalue weighted by Gasteiger charge is 2.21. The largest absolute Gasteiger partial charge is 0.465 e. The van der Waals surface area contributed by atoms with Crippen molar-refractivity contribution in [2.24, 2.45) is 5.92 Å². The number of hydrogen-bond donors (Lipinski definition) is 1. The summed E-state index contributed by atoms with van der Waals surface area (Å²) in [5.41, 5.74) is 0. The zero-order chi connectivity index (χ0) is 15.5. The van der Waals surface area contributed by atoms with E-state index >= 15 is 0 Å². The highest BCUT2D eigenvalue weighted by molar-refractivity contribution is 5.75. The summed E-state index contributed by atoms with van der Waals surface area (Å²) in [6.07, 6.45) is 4.46. The van der Waals surface area contributed by atoms with Gasteiger partial charge in [0.1, 0.15) is 6.04 Å². The summed E-state index contributed by atoms with van der Waals surface area (Å²) in [6.45, 7) is 8.70. The average molecular weight is 300 g/mol. The van der Waals surface area contributed by atoms with Crippen LogP contribution in [-0.2, 0) is 14.3 Å². The Morgan fingerprint density at radius 1 is 1.33 bits per heavy atom. The highest BCUT2D eigenvalue weighted by atomic mass is 16.5. The quantitative estimate of drug-likeness (QED) is 0.414. The first kappa shape index (κ1) is 18.4. The van der Waals surface area contributed by atoms with Crippen molar-refractivity contribution in [1.82, 2.24) is 10.2 Å². The molecule has 0 aliphatic heterocycles. The molecule has 0 saturated heterocycles. The summed E-state index contributed by atoms with van der Waals surface area (Å²) < 4.78 is 10.8. The lowest BCUT2D eigenvalue weighted by molar-refractivity contribution is -0.145. The Morgan fingerprint density at radius 3 is 2.71 bits per heavy atom. The van der Waals surface area contributed by atoms with Crippen LogP contribution in [0.1, 0.15) is 39.5 Å². The average Bonchev–Trinajstić information content (AvgIpc) is 3.28. The summed E-state index contributed by atoms with van der Waals surface area (Å²) in [5.74, 6) is 0.686. The van der Waals surface area contributed by atoms with Crippen molar-refractivity contribution < 1.29 is 14.3 Å². The number of esters is 1. The van der Waals surface area contributed by atoms with Gasteiger partial charge >= 0.3 is 5.97 Å². The second-order valence-corrected chi connectivity index (χ2v) is 5.87. The van der Waals surface area contributed by atoms with E-state index in [9.17, 15) is 4.79 Å². The number of nitrogens with one attached hydrogen (secondary N) is 1. The van der Waals surface area contributed by atoms with E-state index in [2.05, 4.69) is 24.2 Å². The Balaban J connectivity index is 2.14. The molecule has 0 spiro atoms. The molecule has 0 amide bonds. The number of carbonyl (C=O) groups excluding carboxylic acids is 1. The minimum Gasteiger partial charge on any atom is -0.465 e. The molecule has 1 aliphatic rings. The van der Waals surface area contributed by atoms with E-state index in [4.69, 9.17) is 9.47 Å². The van der Waals surface area contributed by atoms with Gasteiger partial charge in [-0.3, -0.25) is 4.79 Å². The van der Waals surface area contributed by atoms with Crippen LogP contribution in [-0.4, -0.2) is 63.4 Å². The van der Waals surface area contributed by atoms with Crippen molar-refractivity contribution in [2.75, 3.05) is 46.5 Å². The standard InChI is InChI=1S/C16H32N2O3/c1-4-9-17-15(16(19)21-5-2)8-10-18(3)11-12-20-13-14-6-7-14/h14-15,17H,4-13H2,1-3H3. The molecule has 5 heteroatoms. The van der Waals surface area contributed by atoms with Crippen molar-refractivity contribution in [1.29, 1.82) is 0 Å². The fourth-order valence-electron chi connectivity index (χ4n) is 2.08. The van der Waals surface area contributed by atoms with Crippen LogP contribution in [0.15, 0.2) is 0 Å². The van der Waals surface area contributed by atoms with E-state index in [-0.39, 0.29) is 12.0 Å². The molecule has 1 fully saturated rings. The van der Waals surface area contributed by atoms with Crippen LogP contribution in [0.2, 0.25) is 0 Å². The van der Waals surface area contributed by atoms with E-state index in [0.29, 0.717) is 6.61 Å². The fraction of sp³-hybridized carbons (Fsp3) is 0.938. The third-order valence-corrected chi connectivity index (χ3v) is 3.68. The molecule has 1 rings (SSSR count). The summed E-state index contributed by atoms with van der Waals surface area (Å²) >= 11 is 0. The second kappa shape index (κ2) is 11.0. The Morgan fingerprint density at radius 2 is 2.10 bits per heavy atom. The second-order valence-electron chi connectivity index (χ2n) is 5.87. The highest BCUT2D eigenvalue weighted by Crippen LogP contribution is 2.28. The van der Waals surface area contributed by atoms with E-state index < -0.39 is 0 Å². The molecular weight excluding hydrogens is 268 g/mol. The molecule has 0 bridgehead atoms. The van der Waals surface area contributed by atoms with Gasteiger partial charge in [0.2, 0.25) is 0 Å². The Bertz CT molecular complexity index is 283. The lowest BCUT2D eigenvalue weighted by atomic mass is 10.2. The molecule has 0 radical (unpaired) electrons. The number of likely N-dealkylation sites (N-methyl/N-ethyl adjacent to an activating group) is 1. The van der Waals surface area contributed by atoms with E-state index in [1.807, 2.05) is 6.92 Å². The Kier molecular flexibility index (Phi) is 9.63. The van der Waals surface area contributed by atoms with Crippen molar-refractivity contribution >= 4 is 5.97 Å². The maximum Gasteiger partial charge on any atom is 0.323 e. The molecule has 1 atom stereocenters. The van der Waals surface area contributed by atoms with Gasteiger partial charge in [0.15, 0.2) is 0 Å². The first-order valence-corrected chi connectivity index (χ1v) is 8.33. The molecule has 0 aromatic rings. The zero-order valence-electron chi connectivity index (χ0n) is 13.9. The monoisotopic (exact) mass is 300 g/mol. The van der Waals surface area contributed by atoms with E-state index in [1.54, 1.807) is 0 Å². The summed E-state index contributed by atoms with van der Waals surface area (Å²) in [6, 6.07) is -0.195. The smallest absolute Gasteiger partial charge is 0.323 e. The van der Waals surface area contributed by atoms with Crippen molar-refractivity contribution in [3.63, 3.8) is 0 Å². The molecule has 5 nitrogen and oxygen atoms in total. The van der Waals surface area contributed by atoms with Gasteiger partial charge in [0.05, 0.1) is 13.2 Å². The topological polar surface area (TPSA) is 50.8 Å². The van der Waals surface area contributed by atoms with Crippen molar-refractivity contribution in [2.45, 2.75) is 45.6 Å². The van der Waals surface area contributed by atoms with Crippen molar-refractivity contribution in [3.8, 4) is 0 Å². The molecule has 21 heavy (non-hydrogen) atoms. The van der Waals surface area contributed by atoms with Crippen LogP contribution in [0.4, 0.5) is 0 Å². The summed E-state index contributed by atoms with van der Waals surface area (Å²) in [4.78, 5) is 14.1. The van der Waals surface area contributed by atoms with Gasteiger partial charge < -0.3 is 19.7 Å². The van der Waals surface area contributed by atoms with Crippen LogP contribution >= 0.6 is 0 Å². The van der Waals surface area contributed by atoms with Gasteiger partial charge in [-0.25, -0.2) is 0 Å². The van der Waals surface area contributed by atoms with Gasteiger partial charge in [0, 0.05) is 13.2 Å². The molecule has 1 unspecified atom stereocenters. The molecule has 1 N–H and O–H groups in total. The fourth-order valence-corrected chi connectivity index (χ4v) is 2.08. The first-order valence-electron chi connectivity index (χ1n) is 8.33. The minimum atomic E-state index is -0.195. The number of hydrogen-bond acceptors (Lipinski definition) is 5. The minimum absolute atomic E-state index is 0.135. The van der Waals surface area contributed by atoms with E-state index in [1.165, 1.54) is 12.8 Å². The number of nitrogens with zero attached hydrogens (tertiary/aromatic N) is 1. The Hall–Kier alpha value is -0.650. The van der Waals surface area contributed by atoms with Crippen LogP contribution in [0.5, 0.6) is 0 Å². The number of carbonyl (C=O) groups is 1. The zero-order valence-corrected chi connectivity index (χ0v) is 13.9. The molecule has 1 aliphatic carbocycles. The molecule has 0 aromatic carbocycles. The molecule has 124 valence electrons. The molecule has 0 aromatic heterocycles. The van der Waals surface area contributed by atoms with Crippen LogP contribution in [0.25, 0.3) is 0 Å². The molecule has 1 saturated carbocycles. The summed E-state index contributed by atoms with van der Waals surface area (Å²) in [5, 5.41) is 3.27. The van der Waals surface area contributed by atoms with E-state index in [0.717, 1.165) is 51.6 Å². The van der Waals surface area contributed by atoms with Gasteiger partial charge in [-0.2, -0.15) is 0 Å². The predicted molar refractivity (Wildman–Crippen MR) is 84.4 cm³/mol. The predicted octanol–water partition coefficient (Wildman–Crippen LogP) is 1.67. The van der Waals surface area contributed by atoms with Crippen LogP contribution in [0.3, 0.4) is 0 Å². The lowest BCUT2D eigenvalue weighted by Gasteiger charge is -2.21. The normalized spacial score (nSPS) is 16.2. The third-order valence-electron chi connectivity index (χ3n) is 3.68. The van der Waals surface area contributed by atoms with Gasteiger partial charge in [0.25, 0.3) is 0 Å². The SMILES string of the molecule is CCCNC(CCN(C)CCOCC1CC1)C(=O)OCC. The van der Waals surface area contributed by atoms with Crippen LogP contribution in [0, 0.1) is 5.92 Å². The van der Waals surface area contributed by atoms with Gasteiger partial charge in [-0.1, -0.05) is 6.92 Å². The first-order chi connectivity index (χ1) is 10.2. The van der Waals surface area contributed by atoms with Gasteiger partial charge in [-0.05, 0) is 58.7 Å². The lowest BCUT2D eigenvalue weighted by Crippen LogP contribution is -2.41. The maximum atomic E-state index is 11.9. The van der Waals surface area contributed by atoms with Crippen molar-refractivity contribution in [3.05, 3.63) is 0 Å². The number of rotatable bonds is 13. The van der Waals surface area contributed by atoms with Gasteiger partial charge in [-0.15, -0.1) is 0 Å². The third kappa shape index (κ3) is 9.06. The summed E-state index contributed by atoms with van der Waals surface area (Å²) in [7, 11) is 2.07. The molecule has 0 heterocycles. The van der Waals surface area contributed by atoms with Crippen LogP contribution < -0.4 is 5.32 Å². The Labute approximate surface area is 129 Å². The number of ether oxygens (including phenoxy) is 2.